The van der Waals surface area contributed by atoms with Gasteiger partial charge < -0.3 is 9.72 Å². The van der Waals surface area contributed by atoms with E-state index in [0.29, 0.717) is 11.1 Å². The van der Waals surface area contributed by atoms with Crippen LogP contribution in [0.25, 0.3) is 10.9 Å². The molecule has 0 amide bonds. The predicted molar refractivity (Wildman–Crippen MR) is 84.9 cm³/mol. The van der Waals surface area contributed by atoms with Crippen molar-refractivity contribution in [1.82, 2.24) is 4.98 Å². The Labute approximate surface area is 127 Å². The van der Waals surface area contributed by atoms with Gasteiger partial charge in [-0.2, -0.15) is 0 Å². The number of carbonyl (C=O) groups excluding carboxylic acids is 1. The molecular formula is C18H15NO3. The molecular weight excluding hydrogens is 278 g/mol. The van der Waals surface area contributed by atoms with Gasteiger partial charge in [0, 0.05) is 5.52 Å². The van der Waals surface area contributed by atoms with E-state index in [1.165, 1.54) is 0 Å². The van der Waals surface area contributed by atoms with Gasteiger partial charge in [-0.3, -0.25) is 4.79 Å². The molecule has 3 rings (SSSR count). The van der Waals surface area contributed by atoms with Gasteiger partial charge in [0.05, 0.1) is 11.1 Å². The van der Waals surface area contributed by atoms with Gasteiger partial charge in [0.2, 0.25) is 0 Å². The Kier molecular flexibility index (Phi) is 3.74. The number of para-hydroxylation sites is 1. The number of benzene rings is 2. The summed E-state index contributed by atoms with van der Waals surface area (Å²) in [7, 11) is 0. The van der Waals surface area contributed by atoms with Gasteiger partial charge in [-0.1, -0.05) is 36.4 Å². The van der Waals surface area contributed by atoms with Crippen LogP contribution in [0, 0.1) is 6.92 Å². The lowest BCUT2D eigenvalue weighted by Gasteiger charge is -2.07. The second-order valence-electron chi connectivity index (χ2n) is 5.10. The topological polar surface area (TPSA) is 59.2 Å². The molecule has 0 unspecified atom stereocenters. The number of rotatable bonds is 3. The summed E-state index contributed by atoms with van der Waals surface area (Å²) in [5.74, 6) is -0.425. The molecule has 0 aliphatic rings. The minimum Gasteiger partial charge on any atom is -0.457 e. The number of aromatic nitrogens is 1. The van der Waals surface area contributed by atoms with Crippen LogP contribution < -0.4 is 5.56 Å². The predicted octanol–water partition coefficient (Wildman–Crippen LogP) is 3.19. The van der Waals surface area contributed by atoms with E-state index in [4.69, 9.17) is 4.74 Å². The molecule has 22 heavy (non-hydrogen) atoms. The Morgan fingerprint density at radius 3 is 2.64 bits per heavy atom. The van der Waals surface area contributed by atoms with Crippen molar-refractivity contribution in [2.45, 2.75) is 13.5 Å². The van der Waals surface area contributed by atoms with Crippen LogP contribution in [0.3, 0.4) is 0 Å². The zero-order chi connectivity index (χ0) is 15.5. The summed E-state index contributed by atoms with van der Waals surface area (Å²) in [5, 5.41) is 0.907. The van der Waals surface area contributed by atoms with Gasteiger partial charge in [0.25, 0.3) is 5.56 Å². The molecule has 4 nitrogen and oxygen atoms in total. The number of pyridine rings is 1. The van der Waals surface area contributed by atoms with Crippen LogP contribution in [0.15, 0.2) is 59.4 Å². The summed E-state index contributed by atoms with van der Waals surface area (Å²) >= 11 is 0. The molecule has 4 heteroatoms. The maximum Gasteiger partial charge on any atom is 0.338 e. The van der Waals surface area contributed by atoms with E-state index in [9.17, 15) is 9.59 Å². The first kappa shape index (κ1) is 14.1. The summed E-state index contributed by atoms with van der Waals surface area (Å²) in [6.07, 6.45) is 0. The molecule has 110 valence electrons. The van der Waals surface area contributed by atoms with Gasteiger partial charge in [-0.05, 0) is 36.1 Å². The van der Waals surface area contributed by atoms with Crippen molar-refractivity contribution in [2.75, 3.05) is 0 Å². The van der Waals surface area contributed by atoms with Crippen molar-refractivity contribution in [1.29, 1.82) is 0 Å². The number of fused-ring (bicyclic) bond motifs is 1. The number of hydrogen-bond acceptors (Lipinski definition) is 3. The largest absolute Gasteiger partial charge is 0.457 e. The van der Waals surface area contributed by atoms with E-state index in [0.717, 1.165) is 16.5 Å². The molecule has 0 bridgehead atoms. The molecule has 3 aromatic rings. The zero-order valence-corrected chi connectivity index (χ0v) is 12.1. The molecule has 0 aliphatic carbocycles. The van der Waals surface area contributed by atoms with Crippen LogP contribution in [0.2, 0.25) is 0 Å². The fourth-order valence-electron chi connectivity index (χ4n) is 2.32. The summed E-state index contributed by atoms with van der Waals surface area (Å²) in [6, 6.07) is 16.4. The second kappa shape index (κ2) is 5.85. The first-order valence-electron chi connectivity index (χ1n) is 6.99. The van der Waals surface area contributed by atoms with Crippen molar-refractivity contribution >= 4 is 16.9 Å². The average molecular weight is 293 g/mol. The summed E-state index contributed by atoms with van der Waals surface area (Å²) in [4.78, 5) is 26.9. The van der Waals surface area contributed by atoms with Gasteiger partial charge >= 0.3 is 5.97 Å². The molecule has 0 fully saturated rings. The number of hydrogen-bond donors (Lipinski definition) is 1. The Balaban J connectivity index is 1.82. The van der Waals surface area contributed by atoms with Crippen LogP contribution in [-0.4, -0.2) is 11.0 Å². The maximum absolute atomic E-state index is 12.1. The van der Waals surface area contributed by atoms with Crippen LogP contribution in [-0.2, 0) is 11.3 Å². The molecule has 0 atom stereocenters. The number of carbonyl (C=O) groups is 1. The third-order valence-corrected chi connectivity index (χ3v) is 3.55. The van der Waals surface area contributed by atoms with Gasteiger partial charge in [0.1, 0.15) is 6.61 Å². The molecule has 1 heterocycles. The fourth-order valence-corrected chi connectivity index (χ4v) is 2.32. The monoisotopic (exact) mass is 293 g/mol. The Bertz CT molecular complexity index is 896. The van der Waals surface area contributed by atoms with Crippen molar-refractivity contribution in [2.24, 2.45) is 0 Å². The van der Waals surface area contributed by atoms with Crippen molar-refractivity contribution < 1.29 is 9.53 Å². The van der Waals surface area contributed by atoms with Crippen LogP contribution >= 0.6 is 0 Å². The van der Waals surface area contributed by atoms with Crippen LogP contribution in [0.5, 0.6) is 0 Å². The highest BCUT2D eigenvalue weighted by atomic mass is 16.5. The number of aromatic amines is 1. The first-order chi connectivity index (χ1) is 10.6. The minimum atomic E-state index is -0.425. The quantitative estimate of drug-likeness (QED) is 0.754. The van der Waals surface area contributed by atoms with Gasteiger partial charge in [0.15, 0.2) is 0 Å². The lowest BCUT2D eigenvalue weighted by molar-refractivity contribution is 0.0470. The summed E-state index contributed by atoms with van der Waals surface area (Å²) in [6.45, 7) is 1.80. The van der Waals surface area contributed by atoms with E-state index in [1.54, 1.807) is 18.2 Å². The maximum atomic E-state index is 12.1. The minimum absolute atomic E-state index is 0.0483. The average Bonchev–Trinajstić information content (AvgIpc) is 2.53. The van der Waals surface area contributed by atoms with Crippen molar-refractivity contribution in [3.8, 4) is 0 Å². The van der Waals surface area contributed by atoms with E-state index >= 15 is 0 Å². The fraction of sp³-hybridized carbons (Fsp3) is 0.111. The highest BCUT2D eigenvalue weighted by Crippen LogP contribution is 2.12. The normalized spacial score (nSPS) is 10.6. The molecule has 0 aliphatic heterocycles. The zero-order valence-electron chi connectivity index (χ0n) is 12.1. The Morgan fingerprint density at radius 1 is 1.09 bits per heavy atom. The standard InChI is InChI=1S/C18H15NO3/c1-12-6-2-4-8-15(12)18(21)22-11-14-10-13-7-3-5-9-16(13)19-17(14)20/h2-10H,11H2,1H3,(H,19,20). The van der Waals surface area contributed by atoms with Crippen LogP contribution in [0.1, 0.15) is 21.5 Å². The molecule has 0 spiro atoms. The van der Waals surface area contributed by atoms with E-state index < -0.39 is 5.97 Å². The van der Waals surface area contributed by atoms with E-state index in [2.05, 4.69) is 4.98 Å². The lowest BCUT2D eigenvalue weighted by Crippen LogP contribution is -2.15. The van der Waals surface area contributed by atoms with E-state index in [-0.39, 0.29) is 12.2 Å². The third-order valence-electron chi connectivity index (χ3n) is 3.55. The van der Waals surface area contributed by atoms with Gasteiger partial charge in [-0.15, -0.1) is 0 Å². The number of esters is 1. The lowest BCUT2D eigenvalue weighted by atomic mass is 10.1. The molecule has 0 radical (unpaired) electrons. The first-order valence-corrected chi connectivity index (χ1v) is 6.99. The van der Waals surface area contributed by atoms with Crippen molar-refractivity contribution in [3.63, 3.8) is 0 Å². The highest BCUT2D eigenvalue weighted by molar-refractivity contribution is 5.91. The van der Waals surface area contributed by atoms with Crippen LogP contribution in [0.4, 0.5) is 0 Å². The molecule has 2 aromatic carbocycles. The number of nitrogens with one attached hydrogen (secondary N) is 1. The smallest absolute Gasteiger partial charge is 0.338 e. The highest BCUT2D eigenvalue weighted by Gasteiger charge is 2.11. The molecule has 1 N–H and O–H groups in total. The molecule has 0 saturated heterocycles. The summed E-state index contributed by atoms with van der Waals surface area (Å²) < 4.78 is 5.27. The molecule has 0 saturated carbocycles. The summed E-state index contributed by atoms with van der Waals surface area (Å²) in [5.41, 5.74) is 2.32. The van der Waals surface area contributed by atoms with E-state index in [1.807, 2.05) is 43.3 Å². The number of H-pyrrole nitrogens is 1. The second-order valence-corrected chi connectivity index (χ2v) is 5.10. The van der Waals surface area contributed by atoms with Gasteiger partial charge in [-0.25, -0.2) is 4.79 Å². The Morgan fingerprint density at radius 2 is 1.82 bits per heavy atom. The molecule has 1 aromatic heterocycles. The SMILES string of the molecule is Cc1ccccc1C(=O)OCc1cc2ccccc2[nH]c1=O. The number of ether oxygens (including phenoxy) is 1. The third kappa shape index (κ3) is 2.76. The Hall–Kier alpha value is -2.88. The van der Waals surface area contributed by atoms with Crippen molar-refractivity contribution in [3.05, 3.63) is 81.6 Å². The number of aryl methyl sites for hydroxylation is 1.